The van der Waals surface area contributed by atoms with Gasteiger partial charge in [0.15, 0.2) is 0 Å². The third kappa shape index (κ3) is 8.96. The third-order valence-electron chi connectivity index (χ3n) is 0.890. The fourth-order valence-electron chi connectivity index (χ4n) is 0.419. The van der Waals surface area contributed by atoms with Crippen molar-refractivity contribution >= 4 is 17.1 Å². The Morgan fingerprint density at radius 3 is 2.83 bits per heavy atom. The molecular weight excluding hydrogens is 178 g/mol. The van der Waals surface area contributed by atoms with Gasteiger partial charge in [0, 0.05) is 19.0 Å². The summed E-state index contributed by atoms with van der Waals surface area (Å²) in [5.74, 6) is 0. The molecule has 6 heteroatoms. The van der Waals surface area contributed by atoms with E-state index >= 15 is 0 Å². The predicted octanol–water partition coefficient (Wildman–Crippen LogP) is -0.398. The monoisotopic (exact) mass is 191 g/mol. The zero-order chi connectivity index (χ0) is 9.23. The van der Waals surface area contributed by atoms with Gasteiger partial charge in [-0.2, -0.15) is 5.10 Å². The Kier molecular flexibility index (Phi) is 7.36. The van der Waals surface area contributed by atoms with E-state index in [0.29, 0.717) is 0 Å². The topological polar surface area (TPSA) is 70.6 Å². The van der Waals surface area contributed by atoms with Gasteiger partial charge >= 0.3 is 0 Å². The molecule has 0 spiro atoms. The fourth-order valence-corrected chi connectivity index (χ4v) is 0.627. The Hall–Kier alpha value is -1.04. The molecule has 0 aromatic carbocycles. The lowest BCUT2D eigenvalue weighted by Gasteiger charge is -1.91. The molecule has 0 saturated heterocycles. The molecule has 12 heavy (non-hydrogen) atoms. The van der Waals surface area contributed by atoms with Crippen LogP contribution in [0.25, 0.3) is 0 Å². The van der Waals surface area contributed by atoms with Crippen LogP contribution in [0.4, 0.5) is 0 Å². The van der Waals surface area contributed by atoms with E-state index in [4.69, 9.17) is 0 Å². The van der Waals surface area contributed by atoms with Crippen molar-refractivity contribution in [2.24, 2.45) is 5.10 Å². The molecule has 0 heterocycles. The summed E-state index contributed by atoms with van der Waals surface area (Å²) in [5.41, 5.74) is 2.76. The maximum absolute atomic E-state index is 9.95. The predicted molar refractivity (Wildman–Crippen MR) is 49.4 cm³/mol. The Balaban J connectivity index is 3.39. The van der Waals surface area contributed by atoms with Gasteiger partial charge in [-0.1, -0.05) is 6.92 Å². The quantitative estimate of drug-likeness (QED) is 0.231. The molecule has 0 aromatic rings. The van der Waals surface area contributed by atoms with E-state index in [9.17, 15) is 8.42 Å². The van der Waals surface area contributed by atoms with Crippen molar-refractivity contribution in [2.75, 3.05) is 6.54 Å². The molecular formula is C6H13N3O2S. The molecule has 70 valence electrons. The Bertz CT molecular complexity index is 215. The highest BCUT2D eigenvalue weighted by molar-refractivity contribution is 7.70. The van der Waals surface area contributed by atoms with Gasteiger partial charge in [-0.3, -0.25) is 4.72 Å². The van der Waals surface area contributed by atoms with Gasteiger partial charge in [0.2, 0.25) is 10.9 Å². The van der Waals surface area contributed by atoms with Crippen LogP contribution in [0.5, 0.6) is 0 Å². The molecule has 0 unspecified atom stereocenters. The lowest BCUT2D eigenvalue weighted by Crippen LogP contribution is -2.05. The van der Waals surface area contributed by atoms with Crippen LogP contribution in [0.2, 0.25) is 0 Å². The fraction of sp³-hybridized carbons (Fsp3) is 0.500. The van der Waals surface area contributed by atoms with E-state index in [1.54, 1.807) is 0 Å². The standard InChI is InChI=1S/C6H13N3O2S/c1-2-4-7-8-5-3-6-9-12(10)11/h3,5-7,12H,2,4H2,1H3,(H,9,10,11)/b6-3+,8-5-. The van der Waals surface area contributed by atoms with Gasteiger partial charge in [0.1, 0.15) is 0 Å². The molecule has 0 aliphatic heterocycles. The van der Waals surface area contributed by atoms with Crippen molar-refractivity contribution in [2.45, 2.75) is 13.3 Å². The molecule has 0 saturated carbocycles. The van der Waals surface area contributed by atoms with E-state index in [1.807, 2.05) is 6.92 Å². The first-order chi connectivity index (χ1) is 5.77. The number of nitrogens with zero attached hydrogens (tertiary/aromatic N) is 1. The van der Waals surface area contributed by atoms with Crippen LogP contribution in [0, 0.1) is 0 Å². The van der Waals surface area contributed by atoms with Gasteiger partial charge in [-0.15, -0.1) is 0 Å². The molecule has 2 N–H and O–H groups in total. The summed E-state index contributed by atoms with van der Waals surface area (Å²) in [6.07, 6.45) is 5.27. The molecule has 0 atom stereocenters. The number of hydrazone groups is 1. The minimum Gasteiger partial charge on any atom is -0.310 e. The molecule has 0 rings (SSSR count). The van der Waals surface area contributed by atoms with Crippen molar-refractivity contribution in [1.82, 2.24) is 10.1 Å². The highest BCUT2D eigenvalue weighted by Gasteiger charge is 1.73. The van der Waals surface area contributed by atoms with Crippen molar-refractivity contribution < 1.29 is 8.42 Å². The van der Waals surface area contributed by atoms with Crippen LogP contribution < -0.4 is 10.1 Å². The Labute approximate surface area is 73.6 Å². The SMILES string of the molecule is CCCN/N=C\C=C\N[SH](=O)=O. The summed E-state index contributed by atoms with van der Waals surface area (Å²) in [6.45, 7) is 2.84. The van der Waals surface area contributed by atoms with Crippen LogP contribution in [-0.4, -0.2) is 21.2 Å². The van der Waals surface area contributed by atoms with Crippen LogP contribution in [0.15, 0.2) is 17.4 Å². The summed E-state index contributed by atoms with van der Waals surface area (Å²) < 4.78 is 22.0. The van der Waals surface area contributed by atoms with Gasteiger partial charge in [-0.25, -0.2) is 8.42 Å². The zero-order valence-corrected chi connectivity index (χ0v) is 7.75. The molecule has 0 aliphatic rings. The minimum absolute atomic E-state index is 0.813. The van der Waals surface area contributed by atoms with Crippen LogP contribution >= 0.6 is 0 Å². The number of hydrogen-bond acceptors (Lipinski definition) is 4. The number of rotatable bonds is 6. The number of nitrogens with one attached hydrogen (secondary N) is 2. The normalized spacial score (nSPS) is 11.5. The maximum Gasteiger partial charge on any atom is 0.222 e. The third-order valence-corrected chi connectivity index (χ3v) is 1.25. The van der Waals surface area contributed by atoms with E-state index < -0.39 is 10.9 Å². The van der Waals surface area contributed by atoms with Crippen LogP contribution in [0.1, 0.15) is 13.3 Å². The van der Waals surface area contributed by atoms with E-state index in [1.165, 1.54) is 18.5 Å². The summed E-state index contributed by atoms with van der Waals surface area (Å²) >= 11 is 0. The Morgan fingerprint density at radius 1 is 1.50 bits per heavy atom. The lowest BCUT2D eigenvalue weighted by molar-refractivity contribution is 0.610. The molecule has 0 amide bonds. The highest BCUT2D eigenvalue weighted by Crippen LogP contribution is 1.69. The Morgan fingerprint density at radius 2 is 2.25 bits per heavy atom. The molecule has 0 radical (unpaired) electrons. The van der Waals surface area contributed by atoms with Crippen molar-refractivity contribution in [3.8, 4) is 0 Å². The first-order valence-electron chi connectivity index (χ1n) is 3.59. The lowest BCUT2D eigenvalue weighted by atomic mass is 10.5. The first-order valence-corrected chi connectivity index (χ1v) is 4.76. The molecule has 0 fully saturated rings. The summed E-state index contributed by atoms with van der Waals surface area (Å²) in [6, 6.07) is 0. The second kappa shape index (κ2) is 8.06. The molecule has 0 bridgehead atoms. The first kappa shape index (κ1) is 11.0. The minimum atomic E-state index is -2.55. The smallest absolute Gasteiger partial charge is 0.222 e. The van der Waals surface area contributed by atoms with Crippen LogP contribution in [0.3, 0.4) is 0 Å². The average Bonchev–Trinajstić information content (AvgIpc) is 2.02. The number of hydrogen-bond donors (Lipinski definition) is 3. The van der Waals surface area contributed by atoms with Crippen molar-refractivity contribution in [1.29, 1.82) is 0 Å². The number of thiol groups is 1. The zero-order valence-electron chi connectivity index (χ0n) is 6.86. The van der Waals surface area contributed by atoms with Crippen LogP contribution in [-0.2, 0) is 10.9 Å². The van der Waals surface area contributed by atoms with Gasteiger partial charge in [-0.05, 0) is 12.5 Å². The molecule has 0 aliphatic carbocycles. The van der Waals surface area contributed by atoms with Crippen molar-refractivity contribution in [3.05, 3.63) is 12.3 Å². The maximum atomic E-state index is 9.95. The second-order valence-corrected chi connectivity index (χ2v) is 2.70. The largest absolute Gasteiger partial charge is 0.310 e. The second-order valence-electron chi connectivity index (χ2n) is 1.93. The highest BCUT2D eigenvalue weighted by atomic mass is 32.2. The van der Waals surface area contributed by atoms with E-state index in [-0.39, 0.29) is 0 Å². The summed E-state index contributed by atoms with van der Waals surface area (Å²) in [7, 11) is -2.55. The number of allylic oxidation sites excluding steroid dienone is 1. The summed E-state index contributed by atoms with van der Waals surface area (Å²) in [4.78, 5) is 0. The molecule has 0 aromatic heterocycles. The summed E-state index contributed by atoms with van der Waals surface area (Å²) in [5, 5.41) is 3.76. The van der Waals surface area contributed by atoms with Crippen molar-refractivity contribution in [3.63, 3.8) is 0 Å². The molecule has 5 nitrogen and oxygen atoms in total. The van der Waals surface area contributed by atoms with E-state index in [0.717, 1.165) is 13.0 Å². The van der Waals surface area contributed by atoms with Gasteiger partial charge in [0.25, 0.3) is 0 Å². The average molecular weight is 191 g/mol. The van der Waals surface area contributed by atoms with E-state index in [2.05, 4.69) is 15.2 Å². The van der Waals surface area contributed by atoms with Gasteiger partial charge in [0.05, 0.1) is 0 Å². The van der Waals surface area contributed by atoms with Gasteiger partial charge < -0.3 is 5.43 Å².